The smallest absolute Gasteiger partial charge is 0.0781 e. The summed E-state index contributed by atoms with van der Waals surface area (Å²) in [5, 5.41) is 9.62. The molecule has 0 amide bonds. The van der Waals surface area contributed by atoms with Crippen LogP contribution in [0, 0.1) is 0 Å². The van der Waals surface area contributed by atoms with Crippen molar-refractivity contribution in [1.82, 2.24) is 4.90 Å². The van der Waals surface area contributed by atoms with E-state index in [1.807, 2.05) is 18.2 Å². The molecule has 0 spiro atoms. The molecule has 1 heterocycles. The van der Waals surface area contributed by atoms with E-state index in [1.54, 1.807) is 6.92 Å². The van der Waals surface area contributed by atoms with Crippen LogP contribution in [-0.2, 0) is 11.3 Å². The number of aliphatic hydroxyl groups excluding tert-OH is 1. The summed E-state index contributed by atoms with van der Waals surface area (Å²) in [6.45, 7) is 6.17. The number of hydrogen-bond acceptors (Lipinski definition) is 4. The third kappa shape index (κ3) is 3.19. The van der Waals surface area contributed by atoms with Gasteiger partial charge >= 0.3 is 0 Å². The number of nitrogens with zero attached hydrogens (tertiary/aromatic N) is 1. The number of nitrogens with two attached hydrogens (primary N) is 1. The Labute approximate surface area is 102 Å². The molecule has 0 aliphatic carbocycles. The average Bonchev–Trinajstić information content (AvgIpc) is 2.32. The zero-order valence-electron chi connectivity index (χ0n) is 10.2. The van der Waals surface area contributed by atoms with Crippen LogP contribution >= 0.6 is 0 Å². The fourth-order valence-corrected chi connectivity index (χ4v) is 2.10. The first kappa shape index (κ1) is 12.4. The second kappa shape index (κ2) is 5.49. The van der Waals surface area contributed by atoms with Gasteiger partial charge in [0.2, 0.25) is 0 Å². The maximum atomic E-state index is 9.62. The molecule has 2 rings (SSSR count). The number of benzene rings is 1. The van der Waals surface area contributed by atoms with Gasteiger partial charge in [-0.3, -0.25) is 4.90 Å². The van der Waals surface area contributed by atoms with Crippen LogP contribution in [0.25, 0.3) is 0 Å². The molecule has 0 bridgehead atoms. The molecule has 4 nitrogen and oxygen atoms in total. The zero-order valence-corrected chi connectivity index (χ0v) is 10.2. The van der Waals surface area contributed by atoms with E-state index in [9.17, 15) is 5.11 Å². The highest BCUT2D eigenvalue weighted by Gasteiger charge is 2.12. The Morgan fingerprint density at radius 3 is 2.76 bits per heavy atom. The normalized spacial score (nSPS) is 19.2. The van der Waals surface area contributed by atoms with Crippen molar-refractivity contribution in [3.8, 4) is 0 Å². The average molecular weight is 236 g/mol. The Hall–Kier alpha value is -1.10. The molecule has 1 fully saturated rings. The Morgan fingerprint density at radius 2 is 2.12 bits per heavy atom. The first-order valence-corrected chi connectivity index (χ1v) is 6.03. The second-order valence-electron chi connectivity index (χ2n) is 4.53. The zero-order chi connectivity index (χ0) is 12.3. The Morgan fingerprint density at radius 1 is 1.41 bits per heavy atom. The monoisotopic (exact) mass is 236 g/mol. The molecule has 17 heavy (non-hydrogen) atoms. The molecular formula is C13H20N2O2. The van der Waals surface area contributed by atoms with Gasteiger partial charge in [0.15, 0.2) is 0 Å². The minimum Gasteiger partial charge on any atom is -0.398 e. The molecule has 1 aliphatic rings. The van der Waals surface area contributed by atoms with E-state index in [-0.39, 0.29) is 0 Å². The van der Waals surface area contributed by atoms with Crippen LogP contribution in [0.15, 0.2) is 18.2 Å². The van der Waals surface area contributed by atoms with E-state index >= 15 is 0 Å². The van der Waals surface area contributed by atoms with Crippen LogP contribution < -0.4 is 5.73 Å². The summed E-state index contributed by atoms with van der Waals surface area (Å²) in [5.41, 5.74) is 8.50. The van der Waals surface area contributed by atoms with E-state index in [2.05, 4.69) is 4.90 Å². The van der Waals surface area contributed by atoms with Crippen LogP contribution in [0.5, 0.6) is 0 Å². The highest BCUT2D eigenvalue weighted by Crippen LogP contribution is 2.22. The van der Waals surface area contributed by atoms with Crippen molar-refractivity contribution in [3.63, 3.8) is 0 Å². The quantitative estimate of drug-likeness (QED) is 0.773. The summed E-state index contributed by atoms with van der Waals surface area (Å²) in [6.07, 6.45) is -0.514. The highest BCUT2D eigenvalue weighted by molar-refractivity contribution is 5.49. The molecule has 1 aliphatic heterocycles. The fourth-order valence-electron chi connectivity index (χ4n) is 2.10. The summed E-state index contributed by atoms with van der Waals surface area (Å²) in [7, 11) is 0. The number of anilines is 1. The third-order valence-electron chi connectivity index (χ3n) is 3.11. The van der Waals surface area contributed by atoms with Crippen LogP contribution in [-0.4, -0.2) is 36.3 Å². The van der Waals surface area contributed by atoms with E-state index in [4.69, 9.17) is 10.5 Å². The molecule has 1 aromatic rings. The van der Waals surface area contributed by atoms with Crippen molar-refractivity contribution in [2.75, 3.05) is 32.0 Å². The number of nitrogen functional groups attached to an aromatic ring is 1. The van der Waals surface area contributed by atoms with E-state index < -0.39 is 6.10 Å². The van der Waals surface area contributed by atoms with Gasteiger partial charge in [0.25, 0.3) is 0 Å². The Bertz CT molecular complexity index is 374. The largest absolute Gasteiger partial charge is 0.398 e. The lowest BCUT2D eigenvalue weighted by atomic mass is 10.0. The van der Waals surface area contributed by atoms with Crippen molar-refractivity contribution < 1.29 is 9.84 Å². The van der Waals surface area contributed by atoms with Crippen molar-refractivity contribution in [1.29, 1.82) is 0 Å². The van der Waals surface area contributed by atoms with Gasteiger partial charge in [-0.1, -0.05) is 6.07 Å². The molecule has 1 saturated heterocycles. The van der Waals surface area contributed by atoms with E-state index in [0.29, 0.717) is 5.69 Å². The van der Waals surface area contributed by atoms with Gasteiger partial charge in [0.05, 0.1) is 19.3 Å². The third-order valence-corrected chi connectivity index (χ3v) is 3.11. The lowest BCUT2D eigenvalue weighted by Crippen LogP contribution is -2.35. The molecular weight excluding hydrogens is 216 g/mol. The molecule has 1 unspecified atom stereocenters. The molecule has 0 aromatic heterocycles. The highest BCUT2D eigenvalue weighted by atomic mass is 16.5. The molecule has 4 heteroatoms. The van der Waals surface area contributed by atoms with Crippen LogP contribution in [0.2, 0.25) is 0 Å². The van der Waals surface area contributed by atoms with Crippen LogP contribution in [0.1, 0.15) is 24.2 Å². The van der Waals surface area contributed by atoms with Gasteiger partial charge in [0, 0.05) is 30.9 Å². The summed E-state index contributed by atoms with van der Waals surface area (Å²) < 4.78 is 5.32. The summed E-state index contributed by atoms with van der Waals surface area (Å²) in [4.78, 5) is 2.35. The maximum Gasteiger partial charge on any atom is 0.0781 e. The molecule has 3 N–H and O–H groups in total. The number of ether oxygens (including phenoxy) is 1. The van der Waals surface area contributed by atoms with Gasteiger partial charge in [-0.2, -0.15) is 0 Å². The Kier molecular flexibility index (Phi) is 3.99. The van der Waals surface area contributed by atoms with Gasteiger partial charge in [0.1, 0.15) is 0 Å². The first-order valence-electron chi connectivity index (χ1n) is 6.03. The number of hydrogen-bond donors (Lipinski definition) is 2. The van der Waals surface area contributed by atoms with Crippen molar-refractivity contribution in [2.24, 2.45) is 0 Å². The first-order chi connectivity index (χ1) is 8.16. The van der Waals surface area contributed by atoms with Crippen LogP contribution in [0.4, 0.5) is 5.69 Å². The second-order valence-corrected chi connectivity index (χ2v) is 4.53. The molecule has 0 saturated carbocycles. The van der Waals surface area contributed by atoms with Crippen LogP contribution in [0.3, 0.4) is 0 Å². The van der Waals surface area contributed by atoms with E-state index in [0.717, 1.165) is 38.4 Å². The van der Waals surface area contributed by atoms with E-state index in [1.165, 1.54) is 5.56 Å². The van der Waals surface area contributed by atoms with Gasteiger partial charge in [-0.05, 0) is 24.6 Å². The topological polar surface area (TPSA) is 58.7 Å². The van der Waals surface area contributed by atoms with Crippen molar-refractivity contribution in [2.45, 2.75) is 19.6 Å². The summed E-state index contributed by atoms with van der Waals surface area (Å²) in [5.74, 6) is 0. The maximum absolute atomic E-state index is 9.62. The predicted molar refractivity (Wildman–Crippen MR) is 67.6 cm³/mol. The number of rotatable bonds is 3. The minimum atomic E-state index is -0.514. The Balaban J connectivity index is 2.07. The lowest BCUT2D eigenvalue weighted by Gasteiger charge is -2.27. The van der Waals surface area contributed by atoms with Crippen molar-refractivity contribution in [3.05, 3.63) is 29.3 Å². The minimum absolute atomic E-state index is 0.514. The molecule has 1 aromatic carbocycles. The number of aliphatic hydroxyl groups is 1. The molecule has 1 atom stereocenters. The van der Waals surface area contributed by atoms with Crippen molar-refractivity contribution >= 4 is 5.69 Å². The number of morpholine rings is 1. The SMILES string of the molecule is CC(O)c1cc(CN2CCOCC2)ccc1N. The van der Waals surface area contributed by atoms with Gasteiger partial charge < -0.3 is 15.6 Å². The molecule has 0 radical (unpaired) electrons. The van der Waals surface area contributed by atoms with Gasteiger partial charge in [-0.15, -0.1) is 0 Å². The molecule has 94 valence electrons. The predicted octanol–water partition coefficient (Wildman–Crippen LogP) is 1.15. The van der Waals surface area contributed by atoms with Gasteiger partial charge in [-0.25, -0.2) is 0 Å². The summed E-state index contributed by atoms with van der Waals surface area (Å²) >= 11 is 0. The fraction of sp³-hybridized carbons (Fsp3) is 0.538. The standard InChI is InChI=1S/C13H20N2O2/c1-10(16)12-8-11(2-3-13(12)14)9-15-4-6-17-7-5-15/h2-3,8,10,16H,4-7,9,14H2,1H3. The summed E-state index contributed by atoms with van der Waals surface area (Å²) in [6, 6.07) is 5.89. The lowest BCUT2D eigenvalue weighted by molar-refractivity contribution is 0.0341.